The fraction of sp³-hybridized carbons (Fsp3) is 0.611. The van der Waals surface area contributed by atoms with E-state index < -0.39 is 16.1 Å². The topological polar surface area (TPSA) is 69.7 Å². The van der Waals surface area contributed by atoms with Gasteiger partial charge in [-0.05, 0) is 58.0 Å². The van der Waals surface area contributed by atoms with Crippen molar-refractivity contribution in [1.82, 2.24) is 10.2 Å². The number of para-hydroxylation sites is 1. The molecule has 0 unspecified atom stereocenters. The lowest BCUT2D eigenvalue weighted by molar-refractivity contribution is -0.121. The second-order valence-corrected chi connectivity index (χ2v) is 8.48. The van der Waals surface area contributed by atoms with E-state index in [1.54, 1.807) is 31.2 Å². The van der Waals surface area contributed by atoms with E-state index in [4.69, 9.17) is 0 Å². The number of hydrogen-bond donors (Lipinski definition) is 1. The molecule has 0 bridgehead atoms. The van der Waals surface area contributed by atoms with Gasteiger partial charge in [-0.1, -0.05) is 24.6 Å². The Labute approximate surface area is 151 Å². The number of piperidine rings is 1. The second kappa shape index (κ2) is 9.20. The highest BCUT2D eigenvalue weighted by Crippen LogP contribution is 2.20. The smallest absolute Gasteiger partial charge is 0.243 e. The first-order valence-corrected chi connectivity index (χ1v) is 10.8. The van der Waals surface area contributed by atoms with Crippen LogP contribution in [0.4, 0.5) is 5.69 Å². The van der Waals surface area contributed by atoms with Crippen LogP contribution in [0.3, 0.4) is 0 Å². The minimum atomic E-state index is -3.55. The predicted octanol–water partition coefficient (Wildman–Crippen LogP) is 1.83. The van der Waals surface area contributed by atoms with Crippen LogP contribution in [0.5, 0.6) is 0 Å². The third kappa shape index (κ3) is 6.01. The largest absolute Gasteiger partial charge is 0.354 e. The molecule has 1 N–H and O–H groups in total. The SMILES string of the molecule is C[C@@H](C(=O)NCCCN1CCCCC1)N(c1ccccc1)S(C)(=O)=O. The van der Waals surface area contributed by atoms with E-state index >= 15 is 0 Å². The molecule has 140 valence electrons. The number of amides is 1. The van der Waals surface area contributed by atoms with Crippen molar-refractivity contribution in [2.75, 3.05) is 36.7 Å². The minimum absolute atomic E-state index is 0.270. The summed E-state index contributed by atoms with van der Waals surface area (Å²) in [6.45, 7) is 5.43. The van der Waals surface area contributed by atoms with E-state index in [2.05, 4.69) is 10.2 Å². The molecule has 1 aromatic carbocycles. The minimum Gasteiger partial charge on any atom is -0.354 e. The summed E-state index contributed by atoms with van der Waals surface area (Å²) in [5, 5.41) is 2.87. The fourth-order valence-corrected chi connectivity index (χ4v) is 4.40. The number of likely N-dealkylation sites (tertiary alicyclic amines) is 1. The lowest BCUT2D eigenvalue weighted by atomic mass is 10.1. The van der Waals surface area contributed by atoms with E-state index in [1.807, 2.05) is 6.07 Å². The van der Waals surface area contributed by atoms with Crippen molar-refractivity contribution in [2.45, 2.75) is 38.6 Å². The summed E-state index contributed by atoms with van der Waals surface area (Å²) in [6, 6.07) is 7.94. The van der Waals surface area contributed by atoms with E-state index in [9.17, 15) is 13.2 Å². The molecule has 1 saturated heterocycles. The number of anilines is 1. The normalized spacial score (nSPS) is 17.0. The molecule has 0 aromatic heterocycles. The van der Waals surface area contributed by atoms with E-state index in [0.717, 1.165) is 32.3 Å². The van der Waals surface area contributed by atoms with Gasteiger partial charge in [0.25, 0.3) is 0 Å². The summed E-state index contributed by atoms with van der Waals surface area (Å²) in [6.07, 6.45) is 5.82. The molecule has 1 aromatic rings. The Hall–Kier alpha value is -1.60. The molecule has 1 aliphatic rings. The molecule has 0 aliphatic carbocycles. The molecule has 0 saturated carbocycles. The highest BCUT2D eigenvalue weighted by atomic mass is 32.2. The summed E-state index contributed by atoms with van der Waals surface area (Å²) in [5.41, 5.74) is 0.501. The number of carbonyl (C=O) groups excluding carboxylic acids is 1. The van der Waals surface area contributed by atoms with Gasteiger partial charge in [0.15, 0.2) is 0 Å². The molecule has 25 heavy (non-hydrogen) atoms. The fourth-order valence-electron chi connectivity index (χ4n) is 3.23. The van der Waals surface area contributed by atoms with Crippen LogP contribution in [0, 0.1) is 0 Å². The first-order chi connectivity index (χ1) is 11.9. The average molecular weight is 368 g/mol. The number of rotatable bonds is 8. The van der Waals surface area contributed by atoms with Crippen molar-refractivity contribution < 1.29 is 13.2 Å². The maximum absolute atomic E-state index is 12.4. The maximum atomic E-state index is 12.4. The Kier molecular flexibility index (Phi) is 7.25. The van der Waals surface area contributed by atoms with Crippen molar-refractivity contribution >= 4 is 21.6 Å². The standard InChI is InChI=1S/C18H29N3O3S/c1-16(21(25(2,23)24)17-10-5-3-6-11-17)18(22)19-12-9-15-20-13-7-4-8-14-20/h3,5-6,10-11,16H,4,7-9,12-15H2,1-2H3,(H,19,22)/t16-/m0/s1. The average Bonchev–Trinajstić information content (AvgIpc) is 2.59. The van der Waals surface area contributed by atoms with E-state index in [-0.39, 0.29) is 5.91 Å². The van der Waals surface area contributed by atoms with Crippen molar-refractivity contribution in [3.63, 3.8) is 0 Å². The number of nitrogens with zero attached hydrogens (tertiary/aromatic N) is 2. The third-order valence-corrected chi connectivity index (χ3v) is 5.74. The van der Waals surface area contributed by atoms with Crippen molar-refractivity contribution in [2.24, 2.45) is 0 Å². The van der Waals surface area contributed by atoms with Gasteiger partial charge in [-0.25, -0.2) is 8.42 Å². The first kappa shape index (κ1) is 19.7. The van der Waals surface area contributed by atoms with Gasteiger partial charge >= 0.3 is 0 Å². The highest BCUT2D eigenvalue weighted by Gasteiger charge is 2.28. The lowest BCUT2D eigenvalue weighted by Crippen LogP contribution is -2.48. The molecule has 0 radical (unpaired) electrons. The summed E-state index contributed by atoms with van der Waals surface area (Å²) in [4.78, 5) is 14.8. The van der Waals surface area contributed by atoms with Crippen molar-refractivity contribution in [3.8, 4) is 0 Å². The van der Waals surface area contributed by atoms with Gasteiger partial charge in [0.2, 0.25) is 15.9 Å². The van der Waals surface area contributed by atoms with Crippen LogP contribution < -0.4 is 9.62 Å². The van der Waals surface area contributed by atoms with Crippen LogP contribution in [0.15, 0.2) is 30.3 Å². The van der Waals surface area contributed by atoms with Crippen molar-refractivity contribution in [3.05, 3.63) is 30.3 Å². The summed E-state index contributed by atoms with van der Waals surface area (Å²) in [5.74, 6) is -0.270. The molecule has 1 amide bonds. The van der Waals surface area contributed by atoms with Crippen LogP contribution in [-0.2, 0) is 14.8 Å². The summed E-state index contributed by atoms with van der Waals surface area (Å²) >= 11 is 0. The summed E-state index contributed by atoms with van der Waals surface area (Å²) < 4.78 is 25.5. The molecule has 1 fully saturated rings. The number of nitrogens with one attached hydrogen (secondary N) is 1. The second-order valence-electron chi connectivity index (χ2n) is 6.62. The summed E-state index contributed by atoms with van der Waals surface area (Å²) in [7, 11) is -3.55. The molecule has 7 heteroatoms. The Balaban J connectivity index is 1.88. The molecule has 1 heterocycles. The molecule has 1 atom stereocenters. The van der Waals surface area contributed by atoms with Gasteiger partial charge < -0.3 is 10.2 Å². The van der Waals surface area contributed by atoms with Gasteiger partial charge in [0.05, 0.1) is 11.9 Å². The highest BCUT2D eigenvalue weighted by molar-refractivity contribution is 7.92. The number of sulfonamides is 1. The van der Waals surface area contributed by atoms with Gasteiger partial charge in [-0.3, -0.25) is 9.10 Å². The number of hydrogen-bond acceptors (Lipinski definition) is 4. The van der Waals surface area contributed by atoms with Crippen LogP contribution in [0.2, 0.25) is 0 Å². The molecule has 0 spiro atoms. The Bertz CT molecular complexity index is 643. The lowest BCUT2D eigenvalue weighted by Gasteiger charge is -2.28. The Morgan fingerprint density at radius 3 is 2.44 bits per heavy atom. The van der Waals surface area contributed by atoms with Crippen LogP contribution >= 0.6 is 0 Å². The molecule has 1 aliphatic heterocycles. The van der Waals surface area contributed by atoms with E-state index in [0.29, 0.717) is 12.2 Å². The zero-order valence-corrected chi connectivity index (χ0v) is 16.0. The van der Waals surface area contributed by atoms with Gasteiger partial charge in [0, 0.05) is 6.54 Å². The first-order valence-electron chi connectivity index (χ1n) is 8.94. The zero-order valence-electron chi connectivity index (χ0n) is 15.1. The van der Waals surface area contributed by atoms with Crippen LogP contribution in [0.1, 0.15) is 32.6 Å². The van der Waals surface area contributed by atoms with Gasteiger partial charge in [-0.2, -0.15) is 0 Å². The quantitative estimate of drug-likeness (QED) is 0.712. The predicted molar refractivity (Wildman–Crippen MR) is 101 cm³/mol. The number of carbonyl (C=O) groups is 1. The van der Waals surface area contributed by atoms with Crippen LogP contribution in [-0.4, -0.2) is 57.7 Å². The zero-order chi connectivity index (χ0) is 18.3. The molecular formula is C18H29N3O3S. The Morgan fingerprint density at radius 2 is 1.84 bits per heavy atom. The third-order valence-electron chi connectivity index (χ3n) is 4.50. The molecule has 6 nitrogen and oxygen atoms in total. The van der Waals surface area contributed by atoms with E-state index in [1.165, 1.54) is 23.6 Å². The maximum Gasteiger partial charge on any atom is 0.243 e. The van der Waals surface area contributed by atoms with Gasteiger partial charge in [-0.15, -0.1) is 0 Å². The Morgan fingerprint density at radius 1 is 1.20 bits per heavy atom. The molecule has 2 rings (SSSR count). The number of benzene rings is 1. The van der Waals surface area contributed by atoms with Gasteiger partial charge in [0.1, 0.15) is 6.04 Å². The molecular weight excluding hydrogens is 338 g/mol. The van der Waals surface area contributed by atoms with Crippen LogP contribution in [0.25, 0.3) is 0 Å². The van der Waals surface area contributed by atoms with Crippen molar-refractivity contribution in [1.29, 1.82) is 0 Å². The monoisotopic (exact) mass is 367 g/mol.